The van der Waals surface area contributed by atoms with E-state index in [2.05, 4.69) is 53.7 Å². The summed E-state index contributed by atoms with van der Waals surface area (Å²) in [7, 11) is 1.59. The minimum absolute atomic E-state index is 0.288. The summed E-state index contributed by atoms with van der Waals surface area (Å²) in [6.45, 7) is 0.288. The van der Waals surface area contributed by atoms with Crippen LogP contribution in [0.5, 0.6) is 0 Å². The Balaban J connectivity index is 1.81. The summed E-state index contributed by atoms with van der Waals surface area (Å²) < 4.78 is 0. The van der Waals surface area contributed by atoms with Crippen LogP contribution < -0.4 is 0 Å². The van der Waals surface area contributed by atoms with Crippen molar-refractivity contribution in [2.24, 2.45) is 5.16 Å². The fourth-order valence-corrected chi connectivity index (χ4v) is 3.13. The monoisotopic (exact) mass is 321 g/mol. The number of hydrogen-bond donors (Lipinski definition) is 1. The SMILES string of the molecule is CO/N=C1\c2ccccc2-c2ccc(/C=C/CCCCCO)cc21. The Kier molecular flexibility index (Phi) is 5.44. The van der Waals surface area contributed by atoms with Gasteiger partial charge in [0.1, 0.15) is 12.8 Å². The maximum atomic E-state index is 8.79. The summed E-state index contributed by atoms with van der Waals surface area (Å²) in [6, 6.07) is 14.8. The molecule has 3 nitrogen and oxygen atoms in total. The van der Waals surface area contributed by atoms with Gasteiger partial charge in [0, 0.05) is 17.7 Å². The van der Waals surface area contributed by atoms with Crippen molar-refractivity contribution in [1.82, 2.24) is 0 Å². The zero-order valence-electron chi connectivity index (χ0n) is 14.0. The maximum absolute atomic E-state index is 8.79. The summed E-state index contributed by atoms with van der Waals surface area (Å²) in [4.78, 5) is 5.06. The molecule has 2 aromatic rings. The predicted molar refractivity (Wildman–Crippen MR) is 99.1 cm³/mol. The van der Waals surface area contributed by atoms with Crippen LogP contribution in [0.25, 0.3) is 17.2 Å². The molecule has 0 saturated carbocycles. The van der Waals surface area contributed by atoms with Crippen LogP contribution in [0.4, 0.5) is 0 Å². The average Bonchev–Trinajstić information content (AvgIpc) is 2.92. The minimum Gasteiger partial charge on any atom is -0.399 e. The van der Waals surface area contributed by atoms with Crippen molar-refractivity contribution >= 4 is 11.8 Å². The van der Waals surface area contributed by atoms with Crippen LogP contribution >= 0.6 is 0 Å². The third-order valence-corrected chi connectivity index (χ3v) is 4.29. The third-order valence-electron chi connectivity index (χ3n) is 4.29. The van der Waals surface area contributed by atoms with E-state index in [0.29, 0.717) is 0 Å². The van der Waals surface area contributed by atoms with E-state index in [9.17, 15) is 0 Å². The summed E-state index contributed by atoms with van der Waals surface area (Å²) in [5, 5.41) is 13.0. The van der Waals surface area contributed by atoms with E-state index in [1.807, 2.05) is 6.07 Å². The van der Waals surface area contributed by atoms with Gasteiger partial charge >= 0.3 is 0 Å². The molecular formula is C21H23NO2. The quantitative estimate of drug-likeness (QED) is 0.509. The molecular weight excluding hydrogens is 298 g/mol. The Morgan fingerprint density at radius 2 is 1.75 bits per heavy atom. The highest BCUT2D eigenvalue weighted by atomic mass is 16.6. The van der Waals surface area contributed by atoms with Crippen molar-refractivity contribution in [3.8, 4) is 11.1 Å². The first-order valence-corrected chi connectivity index (χ1v) is 8.48. The molecule has 1 aliphatic carbocycles. The number of nitrogens with zero attached hydrogens (tertiary/aromatic N) is 1. The summed E-state index contributed by atoms with van der Waals surface area (Å²) in [5.41, 5.74) is 6.75. The van der Waals surface area contributed by atoms with Crippen molar-refractivity contribution in [3.05, 3.63) is 65.2 Å². The van der Waals surface area contributed by atoms with E-state index < -0.39 is 0 Å². The van der Waals surface area contributed by atoms with Crippen LogP contribution in [-0.4, -0.2) is 24.5 Å². The Bertz CT molecular complexity index is 762. The smallest absolute Gasteiger partial charge is 0.118 e. The Hall–Kier alpha value is -2.39. The van der Waals surface area contributed by atoms with Crippen LogP contribution in [0, 0.1) is 0 Å². The maximum Gasteiger partial charge on any atom is 0.118 e. The molecule has 0 saturated heterocycles. The van der Waals surface area contributed by atoms with Crippen molar-refractivity contribution in [2.45, 2.75) is 25.7 Å². The first-order valence-electron chi connectivity index (χ1n) is 8.48. The second-order valence-corrected chi connectivity index (χ2v) is 5.95. The van der Waals surface area contributed by atoms with Gasteiger partial charge in [-0.1, -0.05) is 60.1 Å². The fraction of sp³-hybridized carbons (Fsp3) is 0.286. The molecule has 1 aliphatic rings. The molecule has 0 radical (unpaired) electrons. The molecule has 0 atom stereocenters. The van der Waals surface area contributed by atoms with Gasteiger partial charge in [-0.2, -0.15) is 0 Å². The standard InChI is InChI=1S/C21H23NO2/c1-24-22-21-19-11-7-6-10-17(19)18-13-12-16(15-20(18)21)9-5-3-2-4-8-14-23/h5-7,9-13,15,23H,2-4,8,14H2,1H3/b9-5+,22-21+. The van der Waals surface area contributed by atoms with Gasteiger partial charge in [0.2, 0.25) is 0 Å². The lowest BCUT2D eigenvalue weighted by Crippen LogP contribution is -1.99. The molecule has 0 aromatic heterocycles. The minimum atomic E-state index is 0.288. The Labute approximate surface area is 143 Å². The van der Waals surface area contributed by atoms with Crippen LogP contribution in [0.3, 0.4) is 0 Å². The number of aliphatic hydroxyl groups is 1. The van der Waals surface area contributed by atoms with Gasteiger partial charge in [0.05, 0.1) is 0 Å². The first kappa shape index (κ1) is 16.5. The summed E-state index contributed by atoms with van der Waals surface area (Å²) >= 11 is 0. The van der Waals surface area contributed by atoms with E-state index in [1.165, 1.54) is 16.7 Å². The Morgan fingerprint density at radius 3 is 2.54 bits per heavy atom. The lowest BCUT2D eigenvalue weighted by atomic mass is 10.0. The largest absolute Gasteiger partial charge is 0.399 e. The molecule has 3 rings (SSSR count). The van der Waals surface area contributed by atoms with Gasteiger partial charge in [0.15, 0.2) is 0 Å². The van der Waals surface area contributed by atoms with Gasteiger partial charge in [-0.25, -0.2) is 0 Å². The van der Waals surface area contributed by atoms with Crippen LogP contribution in [-0.2, 0) is 4.84 Å². The second-order valence-electron chi connectivity index (χ2n) is 5.95. The van der Waals surface area contributed by atoms with E-state index in [1.54, 1.807) is 7.11 Å². The lowest BCUT2D eigenvalue weighted by Gasteiger charge is -2.02. The molecule has 3 heteroatoms. The molecule has 24 heavy (non-hydrogen) atoms. The molecule has 0 bridgehead atoms. The van der Waals surface area contributed by atoms with Gasteiger partial charge in [-0.15, -0.1) is 0 Å². The van der Waals surface area contributed by atoms with Crippen molar-refractivity contribution in [3.63, 3.8) is 0 Å². The van der Waals surface area contributed by atoms with Crippen molar-refractivity contribution in [2.75, 3.05) is 13.7 Å². The van der Waals surface area contributed by atoms with E-state index in [4.69, 9.17) is 9.94 Å². The summed E-state index contributed by atoms with van der Waals surface area (Å²) in [5.74, 6) is 0. The molecule has 0 aliphatic heterocycles. The van der Waals surface area contributed by atoms with Gasteiger partial charge in [-0.3, -0.25) is 0 Å². The number of aliphatic hydroxyl groups excluding tert-OH is 1. The highest BCUT2D eigenvalue weighted by Crippen LogP contribution is 2.37. The van der Waals surface area contributed by atoms with Crippen molar-refractivity contribution in [1.29, 1.82) is 0 Å². The lowest BCUT2D eigenvalue weighted by molar-refractivity contribution is 0.214. The number of benzene rings is 2. The highest BCUT2D eigenvalue weighted by molar-refractivity contribution is 6.24. The van der Waals surface area contributed by atoms with Crippen LogP contribution in [0.15, 0.2) is 53.7 Å². The zero-order valence-corrected chi connectivity index (χ0v) is 14.0. The van der Waals surface area contributed by atoms with E-state index in [-0.39, 0.29) is 6.61 Å². The number of unbranched alkanes of at least 4 members (excludes halogenated alkanes) is 3. The third kappa shape index (κ3) is 3.41. The average molecular weight is 321 g/mol. The molecule has 124 valence electrons. The number of oxime groups is 1. The molecule has 1 N–H and O–H groups in total. The number of allylic oxidation sites excluding steroid dienone is 1. The Morgan fingerprint density at radius 1 is 0.958 bits per heavy atom. The molecule has 0 heterocycles. The number of rotatable bonds is 7. The summed E-state index contributed by atoms with van der Waals surface area (Å²) in [6.07, 6.45) is 8.48. The molecule has 2 aromatic carbocycles. The van der Waals surface area contributed by atoms with Crippen LogP contribution in [0.2, 0.25) is 0 Å². The topological polar surface area (TPSA) is 41.8 Å². The predicted octanol–water partition coefficient (Wildman–Crippen LogP) is 4.63. The van der Waals surface area contributed by atoms with Crippen LogP contribution in [0.1, 0.15) is 42.4 Å². The van der Waals surface area contributed by atoms with Crippen molar-refractivity contribution < 1.29 is 9.94 Å². The van der Waals surface area contributed by atoms with Gasteiger partial charge < -0.3 is 9.94 Å². The normalized spacial score (nSPS) is 14.2. The van der Waals surface area contributed by atoms with E-state index >= 15 is 0 Å². The molecule has 0 unspecified atom stereocenters. The van der Waals surface area contributed by atoms with Gasteiger partial charge in [-0.05, 0) is 42.0 Å². The fourth-order valence-electron chi connectivity index (χ4n) is 3.13. The van der Waals surface area contributed by atoms with E-state index in [0.717, 1.165) is 42.5 Å². The molecule has 0 spiro atoms. The number of hydrogen-bond acceptors (Lipinski definition) is 3. The second kappa shape index (κ2) is 7.93. The number of fused-ring (bicyclic) bond motifs is 3. The zero-order chi connectivity index (χ0) is 16.8. The highest BCUT2D eigenvalue weighted by Gasteiger charge is 2.25. The molecule has 0 fully saturated rings. The molecule has 0 amide bonds. The van der Waals surface area contributed by atoms with Gasteiger partial charge in [0.25, 0.3) is 0 Å². The first-order chi connectivity index (χ1) is 11.8.